The van der Waals surface area contributed by atoms with Crippen LogP contribution in [-0.4, -0.2) is 24.1 Å². The van der Waals surface area contributed by atoms with E-state index in [0.717, 1.165) is 15.5 Å². The Kier molecular flexibility index (Phi) is 4.83. The van der Waals surface area contributed by atoms with Crippen LogP contribution < -0.4 is 5.73 Å². The van der Waals surface area contributed by atoms with E-state index >= 15 is 0 Å². The Morgan fingerprint density at radius 1 is 1.29 bits per heavy atom. The molecule has 21 heavy (non-hydrogen) atoms. The summed E-state index contributed by atoms with van der Waals surface area (Å²) in [5.41, 5.74) is 7.95. The third kappa shape index (κ3) is 3.50. The molecule has 0 bridgehead atoms. The molecular weight excluding hydrogens is 349 g/mol. The van der Waals surface area contributed by atoms with Gasteiger partial charge in [0.1, 0.15) is 0 Å². The molecule has 0 spiro atoms. The predicted molar refractivity (Wildman–Crippen MR) is 96.5 cm³/mol. The zero-order valence-electron chi connectivity index (χ0n) is 12.8. The van der Waals surface area contributed by atoms with Gasteiger partial charge in [0.2, 0.25) is 0 Å². The van der Waals surface area contributed by atoms with Gasteiger partial charge in [0, 0.05) is 15.9 Å². The second-order valence-electron chi connectivity index (χ2n) is 6.24. The summed E-state index contributed by atoms with van der Waals surface area (Å²) in [6.45, 7) is 8.16. The van der Waals surface area contributed by atoms with Gasteiger partial charge in [-0.15, -0.1) is 0 Å². The summed E-state index contributed by atoms with van der Waals surface area (Å²) in [6, 6.07) is 5.81. The van der Waals surface area contributed by atoms with E-state index in [1.165, 1.54) is 0 Å². The summed E-state index contributed by atoms with van der Waals surface area (Å²) in [6.07, 6.45) is 2.00. The second-order valence-corrected chi connectivity index (χ2v) is 7.47. The first-order valence-corrected chi connectivity index (χ1v) is 8.31. The number of benzene rings is 1. The Hall–Kier alpha value is -0.425. The summed E-state index contributed by atoms with van der Waals surface area (Å²) in [4.78, 5) is 0. The lowest BCUT2D eigenvalue weighted by atomic mass is 9.78. The number of nitrogens with two attached hydrogens (primary N) is 1. The molecular formula is C15H21BBrNO2S. The van der Waals surface area contributed by atoms with E-state index in [0.29, 0.717) is 11.4 Å². The molecule has 2 rings (SSSR count). The standard InChI is InChI=1S/C15H21BBrNO2S/c1-14(2)15(3,4)20-16(19-14)11(9-21)7-10-5-6-12(17)8-13(10)18/h5-8,21H,9,18H2,1-4H3. The summed E-state index contributed by atoms with van der Waals surface area (Å²) in [5, 5.41) is 0. The fraction of sp³-hybridized carbons (Fsp3) is 0.467. The monoisotopic (exact) mass is 369 g/mol. The highest BCUT2D eigenvalue weighted by Crippen LogP contribution is 2.39. The van der Waals surface area contributed by atoms with Gasteiger partial charge in [-0.2, -0.15) is 12.6 Å². The number of anilines is 1. The van der Waals surface area contributed by atoms with Crippen LogP contribution in [0.4, 0.5) is 5.69 Å². The molecule has 0 saturated carbocycles. The largest absolute Gasteiger partial charge is 0.491 e. The van der Waals surface area contributed by atoms with Crippen molar-refractivity contribution >= 4 is 47.4 Å². The van der Waals surface area contributed by atoms with E-state index < -0.39 is 7.12 Å². The van der Waals surface area contributed by atoms with E-state index in [1.54, 1.807) is 0 Å². The normalized spacial score (nSPS) is 20.9. The molecule has 114 valence electrons. The van der Waals surface area contributed by atoms with Gasteiger partial charge in [-0.1, -0.05) is 28.1 Å². The van der Waals surface area contributed by atoms with Crippen molar-refractivity contribution < 1.29 is 9.31 Å². The summed E-state index contributed by atoms with van der Waals surface area (Å²) >= 11 is 7.82. The Morgan fingerprint density at radius 2 is 1.86 bits per heavy atom. The van der Waals surface area contributed by atoms with Gasteiger partial charge >= 0.3 is 7.12 Å². The maximum atomic E-state index is 6.06. The molecule has 0 aromatic heterocycles. The lowest BCUT2D eigenvalue weighted by Gasteiger charge is -2.32. The molecule has 0 unspecified atom stereocenters. The van der Waals surface area contributed by atoms with E-state index in [2.05, 4.69) is 28.6 Å². The van der Waals surface area contributed by atoms with Crippen LogP contribution in [0.25, 0.3) is 6.08 Å². The molecule has 6 heteroatoms. The van der Waals surface area contributed by atoms with Crippen LogP contribution in [0.5, 0.6) is 0 Å². The van der Waals surface area contributed by atoms with Gasteiger partial charge in [-0.05, 0) is 50.9 Å². The SMILES string of the molecule is CC1(C)OB(C(=Cc2ccc(Br)cc2N)CS)OC1(C)C. The first-order valence-electron chi connectivity index (χ1n) is 6.88. The minimum Gasteiger partial charge on any atom is -0.400 e. The molecule has 1 aromatic rings. The smallest absolute Gasteiger partial charge is 0.400 e. The molecule has 2 N–H and O–H groups in total. The van der Waals surface area contributed by atoms with Gasteiger partial charge in [0.25, 0.3) is 0 Å². The number of thiol groups is 1. The lowest BCUT2D eigenvalue weighted by Crippen LogP contribution is -2.41. The van der Waals surface area contributed by atoms with Crippen LogP contribution in [0.15, 0.2) is 28.1 Å². The van der Waals surface area contributed by atoms with Crippen molar-refractivity contribution in [3.05, 3.63) is 33.7 Å². The van der Waals surface area contributed by atoms with Crippen molar-refractivity contribution in [1.29, 1.82) is 0 Å². The molecule has 0 radical (unpaired) electrons. The number of hydrogen-bond donors (Lipinski definition) is 2. The van der Waals surface area contributed by atoms with E-state index in [9.17, 15) is 0 Å². The highest BCUT2D eigenvalue weighted by molar-refractivity contribution is 9.10. The van der Waals surface area contributed by atoms with Gasteiger partial charge in [-0.25, -0.2) is 0 Å². The molecule has 1 aliphatic heterocycles. The maximum absolute atomic E-state index is 6.06. The highest BCUT2D eigenvalue weighted by atomic mass is 79.9. The molecule has 0 atom stereocenters. The van der Waals surface area contributed by atoms with Gasteiger partial charge in [0.05, 0.1) is 11.2 Å². The Bertz CT molecular complexity index is 559. The van der Waals surface area contributed by atoms with E-state index in [-0.39, 0.29) is 11.2 Å². The molecule has 0 aliphatic carbocycles. The average Bonchev–Trinajstić information content (AvgIpc) is 2.57. The molecule has 0 amide bonds. The van der Waals surface area contributed by atoms with Crippen molar-refractivity contribution in [2.75, 3.05) is 11.5 Å². The van der Waals surface area contributed by atoms with E-state index in [4.69, 9.17) is 15.0 Å². The molecule has 1 saturated heterocycles. The molecule has 3 nitrogen and oxygen atoms in total. The minimum absolute atomic E-state index is 0.356. The number of nitrogen functional groups attached to an aromatic ring is 1. The first kappa shape index (κ1) is 16.9. The van der Waals surface area contributed by atoms with Gasteiger partial charge in [0.15, 0.2) is 0 Å². The third-order valence-electron chi connectivity index (χ3n) is 4.13. The number of rotatable bonds is 3. The van der Waals surface area contributed by atoms with Gasteiger partial charge < -0.3 is 15.0 Å². The van der Waals surface area contributed by atoms with Crippen molar-refractivity contribution in [2.45, 2.75) is 38.9 Å². The minimum atomic E-state index is -0.393. The zero-order chi connectivity index (χ0) is 15.8. The number of halogens is 1. The second kappa shape index (κ2) is 5.99. The molecule has 1 heterocycles. The van der Waals surface area contributed by atoms with Crippen molar-refractivity contribution in [3.63, 3.8) is 0 Å². The zero-order valence-corrected chi connectivity index (χ0v) is 15.3. The summed E-state index contributed by atoms with van der Waals surface area (Å²) < 4.78 is 13.1. The highest BCUT2D eigenvalue weighted by Gasteiger charge is 2.52. The van der Waals surface area contributed by atoms with Crippen molar-refractivity contribution in [1.82, 2.24) is 0 Å². The maximum Gasteiger partial charge on any atom is 0.491 e. The van der Waals surface area contributed by atoms with Crippen LogP contribution in [0.2, 0.25) is 0 Å². The van der Waals surface area contributed by atoms with Gasteiger partial charge in [-0.3, -0.25) is 0 Å². The predicted octanol–water partition coefficient (Wildman–Crippen LogP) is 3.98. The molecule has 1 aromatic carbocycles. The average molecular weight is 370 g/mol. The van der Waals surface area contributed by atoms with Crippen LogP contribution in [-0.2, 0) is 9.31 Å². The topological polar surface area (TPSA) is 44.5 Å². The summed E-state index contributed by atoms with van der Waals surface area (Å²) in [5.74, 6) is 0.548. The third-order valence-corrected chi connectivity index (χ3v) is 4.99. The van der Waals surface area contributed by atoms with Crippen LogP contribution in [0, 0.1) is 0 Å². The number of hydrogen-bond acceptors (Lipinski definition) is 4. The molecule has 1 fully saturated rings. The Morgan fingerprint density at radius 3 is 2.33 bits per heavy atom. The van der Waals surface area contributed by atoms with E-state index in [1.807, 2.05) is 52.0 Å². The van der Waals surface area contributed by atoms with Crippen LogP contribution in [0.1, 0.15) is 33.3 Å². The lowest BCUT2D eigenvalue weighted by molar-refractivity contribution is 0.00578. The Balaban J connectivity index is 2.31. The van der Waals surface area contributed by atoms with Crippen LogP contribution >= 0.6 is 28.6 Å². The van der Waals surface area contributed by atoms with Crippen LogP contribution in [0.3, 0.4) is 0 Å². The summed E-state index contributed by atoms with van der Waals surface area (Å²) in [7, 11) is -0.393. The van der Waals surface area contributed by atoms with Crippen molar-refractivity contribution in [3.8, 4) is 0 Å². The fourth-order valence-electron chi connectivity index (χ4n) is 2.06. The fourth-order valence-corrected chi connectivity index (χ4v) is 2.68. The first-order chi connectivity index (χ1) is 9.66. The Labute approximate surface area is 141 Å². The van der Waals surface area contributed by atoms with Crippen molar-refractivity contribution in [2.24, 2.45) is 0 Å². The quantitative estimate of drug-likeness (QED) is 0.481. The molecule has 1 aliphatic rings.